The van der Waals surface area contributed by atoms with Crippen LogP contribution in [0.4, 0.5) is 0 Å². The van der Waals surface area contributed by atoms with E-state index >= 15 is 0 Å². The van der Waals surface area contributed by atoms with Crippen molar-refractivity contribution in [1.82, 2.24) is 25.0 Å². The Labute approximate surface area is 188 Å². The van der Waals surface area contributed by atoms with Crippen molar-refractivity contribution in [3.8, 4) is 11.4 Å². The summed E-state index contributed by atoms with van der Waals surface area (Å²) in [5, 5.41) is 12.6. The van der Waals surface area contributed by atoms with Gasteiger partial charge in [0.05, 0.1) is 19.0 Å². The highest BCUT2D eigenvalue weighted by Gasteiger charge is 2.38. The second-order valence-corrected chi connectivity index (χ2v) is 9.62. The first-order chi connectivity index (χ1) is 15.1. The number of carbonyl (C=O) groups excluding carboxylic acids is 1. The topological polar surface area (TPSA) is 72.3 Å². The van der Waals surface area contributed by atoms with E-state index in [9.17, 15) is 4.79 Å². The number of aryl methyl sites for hydroxylation is 1. The van der Waals surface area contributed by atoms with Crippen molar-refractivity contribution in [2.24, 2.45) is 7.05 Å². The quantitative estimate of drug-likeness (QED) is 0.663. The van der Waals surface area contributed by atoms with Gasteiger partial charge in [0.2, 0.25) is 5.91 Å². The lowest BCUT2D eigenvalue weighted by atomic mass is 9.79. The zero-order chi connectivity index (χ0) is 21.7. The fourth-order valence-electron chi connectivity index (χ4n) is 4.69. The van der Waals surface area contributed by atoms with E-state index in [1.165, 1.54) is 36.6 Å². The van der Waals surface area contributed by atoms with Gasteiger partial charge in [-0.3, -0.25) is 9.69 Å². The Kier molecular flexibility index (Phi) is 7.30. The maximum atomic E-state index is 12.7. The maximum absolute atomic E-state index is 12.7. The molecule has 1 N–H and O–H groups in total. The third-order valence-corrected chi connectivity index (χ3v) is 7.58. The minimum Gasteiger partial charge on any atom is -0.379 e. The van der Waals surface area contributed by atoms with Crippen molar-refractivity contribution < 1.29 is 9.53 Å². The molecule has 0 radical (unpaired) electrons. The van der Waals surface area contributed by atoms with Crippen molar-refractivity contribution >= 4 is 17.7 Å². The van der Waals surface area contributed by atoms with Crippen molar-refractivity contribution in [1.29, 1.82) is 0 Å². The predicted octanol–water partition coefficient (Wildman–Crippen LogP) is 3.03. The maximum Gasteiger partial charge on any atom is 0.230 e. The molecule has 31 heavy (non-hydrogen) atoms. The summed E-state index contributed by atoms with van der Waals surface area (Å²) < 4.78 is 7.51. The van der Waals surface area contributed by atoms with Gasteiger partial charge in [0.25, 0.3) is 0 Å². The molecule has 2 heterocycles. The van der Waals surface area contributed by atoms with Crippen molar-refractivity contribution in [2.75, 3.05) is 38.6 Å². The average Bonchev–Trinajstić information content (AvgIpc) is 3.18. The number of nitrogens with zero attached hydrogens (tertiary/aromatic N) is 4. The van der Waals surface area contributed by atoms with Gasteiger partial charge in [-0.1, -0.05) is 60.9 Å². The number of thioether (sulfide) groups is 1. The van der Waals surface area contributed by atoms with Gasteiger partial charge in [0.1, 0.15) is 0 Å². The molecule has 1 saturated carbocycles. The SMILES string of the molecule is Cc1ccc(-c2nnc(SCC(=O)NCC3(N4CCOCC4)CCCCC3)n2C)cc1. The number of nitrogens with one attached hydrogen (secondary N) is 1. The summed E-state index contributed by atoms with van der Waals surface area (Å²) in [6.45, 7) is 6.30. The smallest absolute Gasteiger partial charge is 0.230 e. The number of hydrogen-bond donors (Lipinski definition) is 1. The molecule has 0 unspecified atom stereocenters. The number of aromatic nitrogens is 3. The standard InChI is InChI=1S/C23H33N5O2S/c1-18-6-8-19(9-7-18)21-25-26-22(27(21)2)31-16-20(29)24-17-23(10-4-3-5-11-23)28-12-14-30-15-13-28/h6-9H,3-5,10-17H2,1-2H3,(H,24,29). The highest BCUT2D eigenvalue weighted by atomic mass is 32.2. The van der Waals surface area contributed by atoms with Crippen LogP contribution in [0.2, 0.25) is 0 Å². The fraction of sp³-hybridized carbons (Fsp3) is 0.609. The molecule has 1 amide bonds. The summed E-state index contributed by atoms with van der Waals surface area (Å²) >= 11 is 1.44. The first-order valence-corrected chi connectivity index (χ1v) is 12.2. The Hall–Kier alpha value is -1.90. The molecule has 1 aliphatic heterocycles. The van der Waals surface area contributed by atoms with E-state index in [-0.39, 0.29) is 11.4 Å². The number of benzene rings is 1. The molecule has 4 rings (SSSR count). The van der Waals surface area contributed by atoms with Crippen LogP contribution < -0.4 is 5.32 Å². The van der Waals surface area contributed by atoms with Gasteiger partial charge >= 0.3 is 0 Å². The molecule has 1 saturated heterocycles. The third kappa shape index (κ3) is 5.30. The van der Waals surface area contributed by atoms with Crippen molar-refractivity contribution in [3.63, 3.8) is 0 Å². The molecule has 8 heteroatoms. The Morgan fingerprint density at radius 3 is 2.55 bits per heavy atom. The molecule has 2 aliphatic rings. The highest BCUT2D eigenvalue weighted by Crippen LogP contribution is 2.34. The van der Waals surface area contributed by atoms with Crippen LogP contribution in [-0.4, -0.2) is 69.7 Å². The molecule has 0 spiro atoms. The van der Waals surface area contributed by atoms with Crippen LogP contribution in [0.15, 0.2) is 29.4 Å². The van der Waals surface area contributed by atoms with Crippen molar-refractivity contribution in [3.05, 3.63) is 29.8 Å². The van der Waals surface area contributed by atoms with E-state index in [4.69, 9.17) is 4.74 Å². The molecular weight excluding hydrogens is 410 g/mol. The Balaban J connectivity index is 1.33. The molecule has 1 aromatic carbocycles. The largest absolute Gasteiger partial charge is 0.379 e. The van der Waals surface area contributed by atoms with Crippen LogP contribution in [-0.2, 0) is 16.6 Å². The minimum atomic E-state index is 0.0584. The monoisotopic (exact) mass is 443 g/mol. The number of carbonyl (C=O) groups is 1. The van der Waals surface area contributed by atoms with E-state index in [2.05, 4.69) is 51.6 Å². The van der Waals surface area contributed by atoms with Crippen LogP contribution in [0.3, 0.4) is 0 Å². The molecule has 1 aromatic heterocycles. The number of hydrogen-bond acceptors (Lipinski definition) is 6. The molecule has 0 bridgehead atoms. The lowest BCUT2D eigenvalue weighted by Crippen LogP contribution is -2.59. The summed E-state index contributed by atoms with van der Waals surface area (Å²) in [5.74, 6) is 1.22. The Morgan fingerprint density at radius 2 is 1.84 bits per heavy atom. The molecule has 0 atom stereocenters. The average molecular weight is 444 g/mol. The first-order valence-electron chi connectivity index (χ1n) is 11.3. The molecule has 168 valence electrons. The summed E-state index contributed by atoms with van der Waals surface area (Å²) in [6.07, 6.45) is 6.09. The van der Waals surface area contributed by atoms with Gasteiger partial charge in [-0.15, -0.1) is 10.2 Å². The second kappa shape index (κ2) is 10.1. The predicted molar refractivity (Wildman–Crippen MR) is 123 cm³/mol. The summed E-state index contributed by atoms with van der Waals surface area (Å²) in [6, 6.07) is 8.24. The normalized spacial score (nSPS) is 19.3. The van der Waals surface area contributed by atoms with Gasteiger partial charge in [-0.25, -0.2) is 0 Å². The second-order valence-electron chi connectivity index (χ2n) is 8.68. The van der Waals surface area contributed by atoms with Crippen LogP contribution in [0.5, 0.6) is 0 Å². The molecule has 2 fully saturated rings. The highest BCUT2D eigenvalue weighted by molar-refractivity contribution is 7.99. The summed E-state index contributed by atoms with van der Waals surface area (Å²) in [5.41, 5.74) is 2.33. The van der Waals surface area contributed by atoms with E-state index in [0.29, 0.717) is 5.75 Å². The number of morpholine rings is 1. The Morgan fingerprint density at radius 1 is 1.13 bits per heavy atom. The lowest BCUT2D eigenvalue weighted by Gasteiger charge is -2.48. The van der Waals surface area contributed by atoms with Gasteiger partial charge in [0.15, 0.2) is 11.0 Å². The molecular formula is C23H33N5O2S. The van der Waals surface area contributed by atoms with Crippen LogP contribution >= 0.6 is 11.8 Å². The van der Waals surface area contributed by atoms with Gasteiger partial charge in [0, 0.05) is 37.8 Å². The van der Waals surface area contributed by atoms with Gasteiger partial charge < -0.3 is 14.6 Å². The lowest BCUT2D eigenvalue weighted by molar-refractivity contribution is -0.119. The molecule has 7 nitrogen and oxygen atoms in total. The zero-order valence-electron chi connectivity index (χ0n) is 18.6. The van der Waals surface area contributed by atoms with Crippen LogP contribution in [0.1, 0.15) is 37.7 Å². The van der Waals surface area contributed by atoms with Crippen molar-refractivity contribution in [2.45, 2.75) is 49.7 Å². The van der Waals surface area contributed by atoms with Crippen LogP contribution in [0, 0.1) is 6.92 Å². The van der Waals surface area contributed by atoms with E-state index in [1.54, 1.807) is 0 Å². The molecule has 2 aromatic rings. The Bertz CT molecular complexity index is 871. The molecule has 1 aliphatic carbocycles. The van der Waals surface area contributed by atoms with E-state index in [1.807, 2.05) is 11.6 Å². The zero-order valence-corrected chi connectivity index (χ0v) is 19.4. The van der Waals surface area contributed by atoms with E-state index < -0.39 is 0 Å². The fourth-order valence-corrected chi connectivity index (χ4v) is 5.43. The van der Waals surface area contributed by atoms with E-state index in [0.717, 1.165) is 62.2 Å². The summed E-state index contributed by atoms with van der Waals surface area (Å²) in [7, 11) is 1.95. The number of ether oxygens (including phenoxy) is 1. The van der Waals surface area contributed by atoms with Gasteiger partial charge in [-0.05, 0) is 19.8 Å². The minimum absolute atomic E-state index is 0.0584. The summed E-state index contributed by atoms with van der Waals surface area (Å²) in [4.78, 5) is 15.2. The number of amides is 1. The first kappa shape index (κ1) is 22.3. The number of rotatable bonds is 7. The van der Waals surface area contributed by atoms with Gasteiger partial charge in [-0.2, -0.15) is 0 Å². The third-order valence-electron chi connectivity index (χ3n) is 6.56. The van der Waals surface area contributed by atoms with Crippen LogP contribution in [0.25, 0.3) is 11.4 Å².